The maximum absolute atomic E-state index is 12.3. The van der Waals surface area contributed by atoms with Gasteiger partial charge in [0.15, 0.2) is 0 Å². The molecule has 0 saturated carbocycles. The number of alkyl halides is 3. The fourth-order valence-electron chi connectivity index (χ4n) is 5.21. The number of hydrogen-bond acceptors (Lipinski definition) is 5. The number of aliphatic carboxylic acids is 1. The van der Waals surface area contributed by atoms with Crippen LogP contribution in [0.5, 0.6) is 11.5 Å². The molecule has 1 saturated heterocycles. The molecule has 2 unspecified atom stereocenters. The number of carboxylic acid groups (broad SMARTS) is 1. The van der Waals surface area contributed by atoms with Gasteiger partial charge < -0.3 is 14.6 Å². The fraction of sp³-hybridized carbons (Fsp3) is 0.400. The predicted octanol–water partition coefficient (Wildman–Crippen LogP) is 5.93. The van der Waals surface area contributed by atoms with Crippen molar-refractivity contribution >= 4 is 16.9 Å². The second-order valence-electron chi connectivity index (χ2n) is 9.76. The van der Waals surface area contributed by atoms with Gasteiger partial charge in [-0.1, -0.05) is 11.8 Å². The zero-order valence-electron chi connectivity index (χ0n) is 21.7. The Labute approximate surface area is 225 Å². The first-order valence-electron chi connectivity index (χ1n) is 12.9. The van der Waals surface area contributed by atoms with Crippen LogP contribution in [-0.2, 0) is 11.2 Å². The number of methoxy groups -OCH3 is 1. The van der Waals surface area contributed by atoms with E-state index in [1.165, 1.54) is 29.8 Å². The van der Waals surface area contributed by atoms with E-state index < -0.39 is 12.3 Å². The largest absolute Gasteiger partial charge is 0.573 e. The van der Waals surface area contributed by atoms with Gasteiger partial charge in [0.2, 0.25) is 0 Å². The Balaban J connectivity index is 1.32. The maximum Gasteiger partial charge on any atom is 0.573 e. The summed E-state index contributed by atoms with van der Waals surface area (Å²) < 4.78 is 46.2. The summed E-state index contributed by atoms with van der Waals surface area (Å²) in [5.41, 5.74) is 2.72. The third kappa shape index (κ3) is 8.36. The van der Waals surface area contributed by atoms with E-state index in [0.29, 0.717) is 24.6 Å². The van der Waals surface area contributed by atoms with Crippen molar-refractivity contribution in [1.82, 2.24) is 9.88 Å². The molecule has 0 aliphatic carbocycles. The molecule has 6 nitrogen and oxygen atoms in total. The van der Waals surface area contributed by atoms with Crippen LogP contribution in [0.2, 0.25) is 0 Å². The highest BCUT2D eigenvalue weighted by Gasteiger charge is 2.31. The average Bonchev–Trinajstić information content (AvgIpc) is 2.89. The van der Waals surface area contributed by atoms with Gasteiger partial charge in [0, 0.05) is 30.1 Å². The highest BCUT2D eigenvalue weighted by molar-refractivity contribution is 5.83. The van der Waals surface area contributed by atoms with Crippen molar-refractivity contribution in [2.75, 3.05) is 26.7 Å². The van der Waals surface area contributed by atoms with E-state index in [1.807, 2.05) is 30.5 Å². The molecule has 1 aliphatic heterocycles. The maximum atomic E-state index is 12.3. The van der Waals surface area contributed by atoms with Crippen molar-refractivity contribution in [1.29, 1.82) is 0 Å². The third-order valence-electron chi connectivity index (χ3n) is 7.10. The molecule has 1 aliphatic rings. The van der Waals surface area contributed by atoms with Crippen molar-refractivity contribution in [3.8, 4) is 23.3 Å². The van der Waals surface area contributed by atoms with Gasteiger partial charge in [-0.15, -0.1) is 13.2 Å². The molecule has 4 rings (SSSR count). The molecule has 2 atom stereocenters. The van der Waals surface area contributed by atoms with Crippen molar-refractivity contribution in [3.63, 3.8) is 0 Å². The topological polar surface area (TPSA) is 71.9 Å². The zero-order valence-corrected chi connectivity index (χ0v) is 21.7. The number of likely N-dealkylation sites (tertiary alicyclic amines) is 1. The van der Waals surface area contributed by atoms with Crippen LogP contribution in [-0.4, -0.2) is 54.1 Å². The normalized spacial score (nSPS) is 17.8. The smallest absolute Gasteiger partial charge is 0.497 e. The number of piperidine rings is 1. The summed E-state index contributed by atoms with van der Waals surface area (Å²) in [6.07, 6.45) is 0.876. The van der Waals surface area contributed by atoms with Gasteiger partial charge in [0.25, 0.3) is 0 Å². The van der Waals surface area contributed by atoms with Crippen molar-refractivity contribution in [2.24, 2.45) is 11.8 Å². The Hall–Kier alpha value is -3.77. The minimum Gasteiger partial charge on any atom is -0.497 e. The van der Waals surface area contributed by atoms with Crippen LogP contribution < -0.4 is 9.47 Å². The molecular weight excluding hydrogens is 509 g/mol. The van der Waals surface area contributed by atoms with Crippen LogP contribution in [0.3, 0.4) is 0 Å². The van der Waals surface area contributed by atoms with E-state index in [0.717, 1.165) is 48.9 Å². The Morgan fingerprint density at radius 2 is 1.90 bits per heavy atom. The molecule has 1 N–H and O–H groups in total. The third-order valence-corrected chi connectivity index (χ3v) is 7.10. The highest BCUT2D eigenvalue weighted by Crippen LogP contribution is 2.31. The molecule has 0 radical (unpaired) electrons. The van der Waals surface area contributed by atoms with Crippen LogP contribution in [0.25, 0.3) is 10.9 Å². The molecule has 0 bridgehead atoms. The van der Waals surface area contributed by atoms with E-state index in [1.54, 1.807) is 7.11 Å². The van der Waals surface area contributed by atoms with E-state index in [2.05, 4.69) is 26.5 Å². The Morgan fingerprint density at radius 1 is 1.13 bits per heavy atom. The van der Waals surface area contributed by atoms with Gasteiger partial charge >= 0.3 is 12.3 Å². The quantitative estimate of drug-likeness (QED) is 0.339. The molecular formula is C30H31F3N2O4. The highest BCUT2D eigenvalue weighted by atomic mass is 19.4. The van der Waals surface area contributed by atoms with Crippen LogP contribution in [0.1, 0.15) is 36.8 Å². The van der Waals surface area contributed by atoms with Crippen LogP contribution >= 0.6 is 0 Å². The number of benzene rings is 2. The Kier molecular flexibility index (Phi) is 9.31. The van der Waals surface area contributed by atoms with Crippen LogP contribution in [0.15, 0.2) is 54.7 Å². The molecule has 39 heavy (non-hydrogen) atoms. The number of aryl methyl sites for hydroxylation is 1. The molecule has 0 amide bonds. The second-order valence-corrected chi connectivity index (χ2v) is 9.76. The summed E-state index contributed by atoms with van der Waals surface area (Å²) in [6.45, 7) is 1.94. The van der Waals surface area contributed by atoms with Gasteiger partial charge in [0.05, 0.1) is 19.2 Å². The first-order valence-corrected chi connectivity index (χ1v) is 12.9. The number of ether oxygens (including phenoxy) is 2. The number of fused-ring (bicyclic) bond motifs is 1. The van der Waals surface area contributed by atoms with E-state index in [9.17, 15) is 23.1 Å². The number of pyridine rings is 1. The van der Waals surface area contributed by atoms with Gasteiger partial charge in [0.1, 0.15) is 11.5 Å². The molecule has 9 heteroatoms. The SMILES string of the molecule is COc1ccc2nccc(CCCC3CCN(CC#Cc4ccc(OC(F)(F)F)cc4)CC3CC(=O)O)c2c1. The monoisotopic (exact) mass is 540 g/mol. The van der Waals surface area contributed by atoms with E-state index >= 15 is 0 Å². The summed E-state index contributed by atoms with van der Waals surface area (Å²) >= 11 is 0. The summed E-state index contributed by atoms with van der Waals surface area (Å²) in [5.74, 6) is 6.09. The van der Waals surface area contributed by atoms with Crippen molar-refractivity contribution in [2.45, 2.75) is 38.5 Å². The molecule has 1 fully saturated rings. The van der Waals surface area contributed by atoms with Crippen LogP contribution in [0.4, 0.5) is 13.2 Å². The first kappa shape index (κ1) is 28.2. The lowest BCUT2D eigenvalue weighted by molar-refractivity contribution is -0.274. The fourth-order valence-corrected chi connectivity index (χ4v) is 5.21. The summed E-state index contributed by atoms with van der Waals surface area (Å²) in [5, 5.41) is 10.6. The Morgan fingerprint density at radius 3 is 2.62 bits per heavy atom. The minimum absolute atomic E-state index is 0.0335. The van der Waals surface area contributed by atoms with Crippen molar-refractivity contribution < 1.29 is 32.5 Å². The molecule has 0 spiro atoms. The standard InChI is InChI=1S/C30H31F3N2O4/c1-38-26-11-12-28-27(19-26)23(13-15-34-28)6-2-5-22-14-17-35(20-24(22)18-29(36)37)16-3-4-21-7-9-25(10-8-21)39-30(31,32)33/h7-13,15,19,22,24H,2,5-6,14,16-18,20H2,1H3,(H,36,37). The van der Waals surface area contributed by atoms with E-state index in [4.69, 9.17) is 4.74 Å². The lowest BCUT2D eigenvalue weighted by Crippen LogP contribution is -2.41. The number of rotatable bonds is 9. The van der Waals surface area contributed by atoms with Gasteiger partial charge in [-0.3, -0.25) is 14.7 Å². The number of hydrogen-bond donors (Lipinski definition) is 1. The minimum atomic E-state index is -4.73. The zero-order chi connectivity index (χ0) is 27.8. The molecule has 1 aromatic heterocycles. The molecule has 2 heterocycles. The van der Waals surface area contributed by atoms with Gasteiger partial charge in [-0.2, -0.15) is 0 Å². The predicted molar refractivity (Wildman–Crippen MR) is 142 cm³/mol. The molecule has 2 aromatic carbocycles. The molecule has 3 aromatic rings. The van der Waals surface area contributed by atoms with Crippen LogP contribution in [0, 0.1) is 23.7 Å². The second kappa shape index (κ2) is 12.9. The number of halogens is 3. The lowest BCUT2D eigenvalue weighted by atomic mass is 9.80. The lowest BCUT2D eigenvalue weighted by Gasteiger charge is -2.37. The summed E-state index contributed by atoms with van der Waals surface area (Å²) in [6, 6.07) is 13.3. The number of nitrogens with zero attached hydrogens (tertiary/aromatic N) is 2. The first-order chi connectivity index (χ1) is 18.7. The average molecular weight is 541 g/mol. The molecule has 206 valence electrons. The van der Waals surface area contributed by atoms with Crippen molar-refractivity contribution in [3.05, 3.63) is 65.9 Å². The van der Waals surface area contributed by atoms with E-state index in [-0.39, 0.29) is 18.1 Å². The van der Waals surface area contributed by atoms with Gasteiger partial charge in [-0.25, -0.2) is 0 Å². The number of aromatic nitrogens is 1. The number of carbonyl (C=O) groups is 1. The Bertz CT molecular complexity index is 1330. The summed E-state index contributed by atoms with van der Waals surface area (Å²) in [7, 11) is 1.64. The van der Waals surface area contributed by atoms with Gasteiger partial charge in [-0.05, 0) is 98.2 Å². The number of carboxylic acids is 1. The summed E-state index contributed by atoms with van der Waals surface area (Å²) in [4.78, 5) is 18.2.